The van der Waals surface area contributed by atoms with Gasteiger partial charge < -0.3 is 20.9 Å². The molecule has 2 fully saturated rings. The van der Waals surface area contributed by atoms with Crippen LogP contribution in [0.2, 0.25) is 5.02 Å². The van der Waals surface area contributed by atoms with Gasteiger partial charge in [0.05, 0.1) is 29.5 Å². The first-order chi connectivity index (χ1) is 17.7. The fourth-order valence-electron chi connectivity index (χ4n) is 6.46. The van der Waals surface area contributed by atoms with Crippen LogP contribution in [-0.2, 0) is 24.9 Å². The number of nitrogens with zero attached hydrogens (tertiary/aromatic N) is 6. The van der Waals surface area contributed by atoms with Crippen LogP contribution in [0.5, 0.6) is 0 Å². The van der Waals surface area contributed by atoms with Crippen LogP contribution in [0.1, 0.15) is 47.0 Å². The maximum Gasteiger partial charge on any atom is 0.245 e. The Morgan fingerprint density at radius 1 is 1.27 bits per heavy atom. The van der Waals surface area contributed by atoms with E-state index in [1.54, 1.807) is 0 Å². The van der Waals surface area contributed by atoms with Crippen molar-refractivity contribution in [3.05, 3.63) is 58.0 Å². The molecule has 192 valence electrons. The molecule has 1 aromatic carbocycles. The van der Waals surface area contributed by atoms with Crippen LogP contribution in [0, 0.1) is 24.7 Å². The van der Waals surface area contributed by atoms with Gasteiger partial charge in [0.1, 0.15) is 0 Å². The van der Waals surface area contributed by atoms with E-state index in [-0.39, 0.29) is 17.4 Å². The molecule has 2 aromatic heterocycles. The number of carbonyl (C=O) groups excluding carboxylic acids is 1. The van der Waals surface area contributed by atoms with Crippen LogP contribution in [0.4, 0.5) is 11.5 Å². The molecule has 1 saturated heterocycles. The lowest BCUT2D eigenvalue weighted by atomic mass is 9.60. The number of likely N-dealkylation sites (tertiary alicyclic amines) is 1. The molecule has 2 aliphatic heterocycles. The van der Waals surface area contributed by atoms with E-state index in [0.717, 1.165) is 54.1 Å². The number of aryl methyl sites for hydroxylation is 2. The van der Waals surface area contributed by atoms with E-state index in [0.29, 0.717) is 29.4 Å². The Hall–Kier alpha value is -3.59. The second kappa shape index (κ2) is 8.21. The van der Waals surface area contributed by atoms with Gasteiger partial charge in [0.15, 0.2) is 5.82 Å². The molecule has 3 aliphatic rings. The van der Waals surface area contributed by atoms with Crippen molar-refractivity contribution in [2.45, 2.75) is 45.8 Å². The quantitative estimate of drug-likeness (QED) is 0.301. The lowest BCUT2D eigenvalue weighted by Crippen LogP contribution is -2.63. The van der Waals surface area contributed by atoms with Crippen LogP contribution in [0.15, 0.2) is 24.9 Å². The molecular weight excluding hydrogens is 488 g/mol. The number of halogens is 1. The van der Waals surface area contributed by atoms with Crippen molar-refractivity contribution >= 4 is 35.2 Å². The molecular formula is C27H31ClN8O. The summed E-state index contributed by atoms with van der Waals surface area (Å²) in [6.45, 7) is 10.6. The first-order valence-corrected chi connectivity index (χ1v) is 12.9. The maximum atomic E-state index is 12.0. The van der Waals surface area contributed by atoms with Gasteiger partial charge in [-0.1, -0.05) is 18.2 Å². The molecule has 1 aliphatic carbocycles. The SMILES string of the molecule is C=CC(=O)N1CC2(CC(n3nc(N4Cc5cnn(C)c5C4)c(-c4c(Cl)c(C)cc(N)c4C=N)c3C)C2)C1. The van der Waals surface area contributed by atoms with Gasteiger partial charge in [-0.25, -0.2) is 0 Å². The van der Waals surface area contributed by atoms with E-state index < -0.39 is 0 Å². The molecule has 3 aromatic rings. The molecule has 37 heavy (non-hydrogen) atoms. The minimum Gasteiger partial charge on any atom is -0.398 e. The summed E-state index contributed by atoms with van der Waals surface area (Å²) in [6, 6.07) is 2.07. The number of nitrogens with two attached hydrogens (primary N) is 1. The fourth-order valence-corrected chi connectivity index (χ4v) is 6.71. The molecule has 9 nitrogen and oxygen atoms in total. The van der Waals surface area contributed by atoms with E-state index in [2.05, 4.69) is 28.2 Å². The molecule has 6 rings (SSSR count). The highest BCUT2D eigenvalue weighted by molar-refractivity contribution is 6.35. The van der Waals surface area contributed by atoms with Crippen molar-refractivity contribution < 1.29 is 4.79 Å². The molecule has 4 heterocycles. The summed E-state index contributed by atoms with van der Waals surface area (Å²) in [6.07, 6.45) is 6.54. The van der Waals surface area contributed by atoms with Gasteiger partial charge >= 0.3 is 0 Å². The van der Waals surface area contributed by atoms with E-state index >= 15 is 0 Å². The number of fused-ring (bicyclic) bond motifs is 1. The molecule has 0 unspecified atom stereocenters. The van der Waals surface area contributed by atoms with Gasteiger partial charge in [-0.05, 0) is 44.4 Å². The number of amides is 1. The maximum absolute atomic E-state index is 12.0. The monoisotopic (exact) mass is 518 g/mol. The van der Waals surface area contributed by atoms with E-state index in [9.17, 15) is 4.79 Å². The van der Waals surface area contributed by atoms with Crippen LogP contribution in [0.3, 0.4) is 0 Å². The van der Waals surface area contributed by atoms with Gasteiger partial charge in [0, 0.05) is 71.9 Å². The zero-order valence-corrected chi connectivity index (χ0v) is 22.1. The largest absolute Gasteiger partial charge is 0.398 e. The average molecular weight is 519 g/mol. The second-order valence-electron chi connectivity index (χ2n) is 10.8. The Bertz CT molecular complexity index is 1470. The number of nitrogens with one attached hydrogen (secondary N) is 1. The van der Waals surface area contributed by atoms with E-state index in [1.165, 1.54) is 23.5 Å². The molecule has 3 N–H and O–H groups in total. The summed E-state index contributed by atoms with van der Waals surface area (Å²) in [5, 5.41) is 18.3. The fraction of sp³-hybridized carbons (Fsp3) is 0.407. The summed E-state index contributed by atoms with van der Waals surface area (Å²) in [5.41, 5.74) is 13.6. The summed E-state index contributed by atoms with van der Waals surface area (Å²) in [5.74, 6) is 0.851. The van der Waals surface area contributed by atoms with Crippen molar-refractivity contribution in [3.8, 4) is 11.1 Å². The molecule has 0 radical (unpaired) electrons. The van der Waals surface area contributed by atoms with Crippen LogP contribution < -0.4 is 10.6 Å². The molecule has 0 bridgehead atoms. The van der Waals surface area contributed by atoms with Crippen LogP contribution >= 0.6 is 11.6 Å². The number of nitrogen functional groups attached to an aromatic ring is 1. The Kier molecular flexibility index (Phi) is 5.28. The van der Waals surface area contributed by atoms with Crippen molar-refractivity contribution in [1.82, 2.24) is 24.5 Å². The highest BCUT2D eigenvalue weighted by Gasteiger charge is 2.54. The topological polar surface area (TPSA) is 109 Å². The number of benzene rings is 1. The van der Waals surface area contributed by atoms with Gasteiger partial charge in [-0.3, -0.25) is 14.2 Å². The van der Waals surface area contributed by atoms with Gasteiger partial charge in [0.2, 0.25) is 5.91 Å². The normalized spacial score (nSPS) is 18.1. The second-order valence-corrected chi connectivity index (χ2v) is 11.2. The Morgan fingerprint density at radius 3 is 2.65 bits per heavy atom. The third-order valence-corrected chi connectivity index (χ3v) is 8.90. The highest BCUT2D eigenvalue weighted by atomic mass is 35.5. The van der Waals surface area contributed by atoms with Crippen LogP contribution in [-0.4, -0.2) is 49.7 Å². The smallest absolute Gasteiger partial charge is 0.245 e. The summed E-state index contributed by atoms with van der Waals surface area (Å²) < 4.78 is 4.06. The zero-order valence-electron chi connectivity index (χ0n) is 21.4. The van der Waals surface area contributed by atoms with E-state index in [1.807, 2.05) is 35.8 Å². The Labute approximate surface area is 221 Å². The summed E-state index contributed by atoms with van der Waals surface area (Å²) in [7, 11) is 1.96. The van der Waals surface area contributed by atoms with Crippen molar-refractivity contribution in [1.29, 1.82) is 5.41 Å². The number of anilines is 2. The van der Waals surface area contributed by atoms with Gasteiger partial charge in [0.25, 0.3) is 0 Å². The Balaban J connectivity index is 1.41. The number of rotatable bonds is 5. The zero-order chi connectivity index (χ0) is 26.2. The number of hydrogen-bond donors (Lipinski definition) is 2. The number of hydrogen-bond acceptors (Lipinski definition) is 6. The van der Waals surface area contributed by atoms with Crippen molar-refractivity contribution in [2.75, 3.05) is 23.7 Å². The first kappa shape index (κ1) is 23.8. The van der Waals surface area contributed by atoms with E-state index in [4.69, 9.17) is 27.8 Å². The summed E-state index contributed by atoms with van der Waals surface area (Å²) >= 11 is 6.93. The average Bonchev–Trinajstić information content (AvgIpc) is 3.48. The van der Waals surface area contributed by atoms with Gasteiger partial charge in [-0.15, -0.1) is 0 Å². The minimum absolute atomic E-state index is 0.00265. The standard InChI is InChI=1S/C27H31ClN8O/c1-5-22(37)35-13-27(14-35)7-18(8-27)36-16(3)23(24-19(9-29)20(30)6-15(2)25(24)28)26(32-36)34-11-17-10-31-33(4)21(17)12-34/h5-6,9-10,18,29H,1,7-8,11-14,30H2,2-4H3. The molecule has 1 amide bonds. The Morgan fingerprint density at radius 2 is 2.00 bits per heavy atom. The predicted octanol–water partition coefficient (Wildman–Crippen LogP) is 4.00. The molecule has 1 saturated carbocycles. The predicted molar refractivity (Wildman–Crippen MR) is 145 cm³/mol. The lowest BCUT2D eigenvalue weighted by molar-refractivity contribution is -0.149. The summed E-state index contributed by atoms with van der Waals surface area (Å²) in [4.78, 5) is 16.1. The third-order valence-electron chi connectivity index (χ3n) is 8.42. The third kappa shape index (κ3) is 3.43. The highest BCUT2D eigenvalue weighted by Crippen LogP contribution is 2.55. The van der Waals surface area contributed by atoms with Crippen LogP contribution in [0.25, 0.3) is 11.1 Å². The van der Waals surface area contributed by atoms with Crippen molar-refractivity contribution in [2.24, 2.45) is 12.5 Å². The van der Waals surface area contributed by atoms with Gasteiger partial charge in [-0.2, -0.15) is 10.2 Å². The first-order valence-electron chi connectivity index (χ1n) is 12.5. The molecule has 0 atom stereocenters. The van der Waals surface area contributed by atoms with Crippen molar-refractivity contribution in [3.63, 3.8) is 0 Å². The molecule has 1 spiro atoms. The number of carbonyl (C=O) groups is 1. The lowest BCUT2D eigenvalue weighted by Gasteiger charge is -2.58. The number of aromatic nitrogens is 4. The minimum atomic E-state index is 0.00265. The molecule has 10 heteroatoms.